The third-order valence-corrected chi connectivity index (χ3v) is 6.62. The summed E-state index contributed by atoms with van der Waals surface area (Å²) in [6.45, 7) is 0. The summed E-state index contributed by atoms with van der Waals surface area (Å²) in [7, 11) is 1.71. The van der Waals surface area contributed by atoms with Crippen LogP contribution in [0.15, 0.2) is 121 Å². The van der Waals surface area contributed by atoms with E-state index in [1.165, 1.54) is 16.5 Å². The lowest BCUT2D eigenvalue weighted by Gasteiger charge is -2.22. The molecule has 0 radical (unpaired) electrons. The number of aromatic nitrogens is 2. The number of fused-ring (bicyclic) bond motifs is 2. The number of benzene rings is 4. The highest BCUT2D eigenvalue weighted by Crippen LogP contribution is 2.33. The normalized spacial score (nSPS) is 12.4. The molecule has 36 heavy (non-hydrogen) atoms. The Labute approximate surface area is 210 Å². The molecule has 6 rings (SSSR count). The van der Waals surface area contributed by atoms with Crippen molar-refractivity contribution in [3.05, 3.63) is 144 Å². The van der Waals surface area contributed by atoms with Gasteiger partial charge in [0.2, 0.25) is 0 Å². The van der Waals surface area contributed by atoms with Crippen LogP contribution in [0.1, 0.15) is 28.4 Å². The molecule has 0 fully saturated rings. The summed E-state index contributed by atoms with van der Waals surface area (Å²) in [5.74, 6) is 0.855. The topological polar surface area (TPSA) is 27.1 Å². The summed E-state index contributed by atoms with van der Waals surface area (Å²) < 4.78 is 7.86. The Morgan fingerprint density at radius 2 is 1.50 bits per heavy atom. The second-order valence-electron chi connectivity index (χ2n) is 8.89. The third-order valence-electron chi connectivity index (χ3n) is 6.62. The summed E-state index contributed by atoms with van der Waals surface area (Å²) in [4.78, 5) is 4.78. The van der Waals surface area contributed by atoms with Crippen molar-refractivity contribution in [2.75, 3.05) is 7.11 Å². The first-order valence-corrected chi connectivity index (χ1v) is 12.1. The molecular formula is C33H26N2O. The lowest BCUT2D eigenvalue weighted by atomic mass is 9.96. The van der Waals surface area contributed by atoms with E-state index in [2.05, 4.69) is 114 Å². The van der Waals surface area contributed by atoms with E-state index in [1.807, 2.05) is 24.3 Å². The van der Waals surface area contributed by atoms with Crippen LogP contribution in [0.25, 0.3) is 34.0 Å². The Kier molecular flexibility index (Phi) is 5.80. The number of para-hydroxylation sites is 1. The molecule has 174 valence electrons. The Hall–Kier alpha value is -4.63. The summed E-state index contributed by atoms with van der Waals surface area (Å²) >= 11 is 0. The van der Waals surface area contributed by atoms with Crippen LogP contribution in [0, 0.1) is 0 Å². The highest BCUT2D eigenvalue weighted by molar-refractivity contribution is 5.83. The summed E-state index contributed by atoms with van der Waals surface area (Å²) in [6.07, 6.45) is 6.39. The molecule has 1 atom stereocenters. The van der Waals surface area contributed by atoms with Gasteiger partial charge in [-0.05, 0) is 64.6 Å². The third kappa shape index (κ3) is 4.27. The summed E-state index contributed by atoms with van der Waals surface area (Å²) in [5.41, 5.74) is 6.68. The molecule has 0 bridgehead atoms. The summed E-state index contributed by atoms with van der Waals surface area (Å²) in [6, 6.07) is 40.2. The Morgan fingerprint density at radius 3 is 2.39 bits per heavy atom. The molecule has 0 saturated heterocycles. The monoisotopic (exact) mass is 466 g/mol. The average Bonchev–Trinajstić information content (AvgIpc) is 3.35. The Balaban J connectivity index is 1.41. The predicted octanol–water partition coefficient (Wildman–Crippen LogP) is 8.01. The standard InChI is InChI=1S/C33H26N2O/c1-36-30-19-16-26-20-21-35(32(26)23-30)33(27-10-3-2-4-11-27)28-12-7-8-24(22-28)14-17-29-18-15-25-9-5-6-13-31(25)34-29/h2-23,33H,1H3/b17-14+. The Bertz CT molecular complexity index is 1680. The molecule has 2 heterocycles. The zero-order valence-electron chi connectivity index (χ0n) is 20.1. The highest BCUT2D eigenvalue weighted by atomic mass is 16.5. The van der Waals surface area contributed by atoms with Gasteiger partial charge in [0, 0.05) is 17.6 Å². The summed E-state index contributed by atoms with van der Waals surface area (Å²) in [5, 5.41) is 2.34. The molecule has 0 N–H and O–H groups in total. The van der Waals surface area contributed by atoms with Gasteiger partial charge in [-0.25, -0.2) is 4.98 Å². The van der Waals surface area contributed by atoms with Gasteiger partial charge in [-0.1, -0.05) is 78.9 Å². The molecule has 0 aliphatic heterocycles. The van der Waals surface area contributed by atoms with Gasteiger partial charge in [0.25, 0.3) is 0 Å². The molecule has 0 amide bonds. The molecule has 0 aliphatic carbocycles. The van der Waals surface area contributed by atoms with E-state index in [4.69, 9.17) is 9.72 Å². The SMILES string of the molecule is COc1ccc2ccn(C(c3ccccc3)c3cccc(/C=C/c4ccc5ccccc5n4)c3)c2c1. The predicted molar refractivity (Wildman–Crippen MR) is 149 cm³/mol. The maximum Gasteiger partial charge on any atom is 0.120 e. The van der Waals surface area contributed by atoms with Gasteiger partial charge >= 0.3 is 0 Å². The van der Waals surface area contributed by atoms with E-state index < -0.39 is 0 Å². The first-order valence-electron chi connectivity index (χ1n) is 12.1. The fraction of sp³-hybridized carbons (Fsp3) is 0.0606. The van der Waals surface area contributed by atoms with Gasteiger partial charge in [0.1, 0.15) is 5.75 Å². The number of rotatable bonds is 6. The van der Waals surface area contributed by atoms with Crippen LogP contribution < -0.4 is 4.74 Å². The van der Waals surface area contributed by atoms with E-state index in [0.29, 0.717) is 0 Å². The quantitative estimate of drug-likeness (QED) is 0.249. The van der Waals surface area contributed by atoms with Crippen molar-refractivity contribution in [2.45, 2.75) is 6.04 Å². The van der Waals surface area contributed by atoms with Gasteiger partial charge in [-0.2, -0.15) is 0 Å². The lowest BCUT2D eigenvalue weighted by Crippen LogP contribution is -2.11. The van der Waals surface area contributed by atoms with Gasteiger partial charge in [-0.3, -0.25) is 0 Å². The number of methoxy groups -OCH3 is 1. The van der Waals surface area contributed by atoms with Crippen molar-refractivity contribution in [3.63, 3.8) is 0 Å². The lowest BCUT2D eigenvalue weighted by molar-refractivity contribution is 0.415. The van der Waals surface area contributed by atoms with E-state index in [-0.39, 0.29) is 6.04 Å². The van der Waals surface area contributed by atoms with Crippen molar-refractivity contribution in [3.8, 4) is 5.75 Å². The number of nitrogens with zero attached hydrogens (tertiary/aromatic N) is 2. The number of pyridine rings is 1. The minimum absolute atomic E-state index is 0.0305. The van der Waals surface area contributed by atoms with Gasteiger partial charge in [0.15, 0.2) is 0 Å². The van der Waals surface area contributed by atoms with Crippen LogP contribution in [-0.4, -0.2) is 16.7 Å². The van der Waals surface area contributed by atoms with Crippen LogP contribution >= 0.6 is 0 Å². The van der Waals surface area contributed by atoms with E-state index >= 15 is 0 Å². The van der Waals surface area contributed by atoms with Crippen molar-refractivity contribution < 1.29 is 4.74 Å². The minimum atomic E-state index is 0.0305. The van der Waals surface area contributed by atoms with Crippen LogP contribution in [0.3, 0.4) is 0 Å². The maximum absolute atomic E-state index is 5.53. The van der Waals surface area contributed by atoms with Gasteiger partial charge < -0.3 is 9.30 Å². The minimum Gasteiger partial charge on any atom is -0.497 e. The van der Waals surface area contributed by atoms with Crippen LogP contribution in [0.2, 0.25) is 0 Å². The smallest absolute Gasteiger partial charge is 0.120 e. The van der Waals surface area contributed by atoms with Crippen molar-refractivity contribution in [2.24, 2.45) is 0 Å². The maximum atomic E-state index is 5.53. The zero-order valence-corrected chi connectivity index (χ0v) is 20.1. The molecule has 4 aromatic carbocycles. The molecule has 0 saturated carbocycles. The number of ether oxygens (including phenoxy) is 1. The van der Waals surface area contributed by atoms with Crippen molar-refractivity contribution in [1.82, 2.24) is 9.55 Å². The van der Waals surface area contributed by atoms with Gasteiger partial charge in [-0.15, -0.1) is 0 Å². The van der Waals surface area contributed by atoms with Gasteiger partial charge in [0.05, 0.1) is 29.9 Å². The zero-order chi connectivity index (χ0) is 24.3. The molecule has 0 aliphatic rings. The van der Waals surface area contributed by atoms with Crippen LogP contribution in [0.4, 0.5) is 0 Å². The molecule has 1 unspecified atom stereocenters. The number of hydrogen-bond donors (Lipinski definition) is 0. The fourth-order valence-corrected chi connectivity index (χ4v) is 4.82. The molecule has 6 aromatic rings. The van der Waals surface area contributed by atoms with Crippen molar-refractivity contribution in [1.29, 1.82) is 0 Å². The highest BCUT2D eigenvalue weighted by Gasteiger charge is 2.18. The van der Waals surface area contributed by atoms with E-state index in [9.17, 15) is 0 Å². The molecule has 3 nitrogen and oxygen atoms in total. The van der Waals surface area contributed by atoms with E-state index in [0.717, 1.165) is 33.4 Å². The van der Waals surface area contributed by atoms with Crippen LogP contribution in [0.5, 0.6) is 5.75 Å². The second-order valence-corrected chi connectivity index (χ2v) is 8.89. The number of hydrogen-bond acceptors (Lipinski definition) is 2. The average molecular weight is 467 g/mol. The molecule has 2 aromatic heterocycles. The van der Waals surface area contributed by atoms with E-state index in [1.54, 1.807) is 7.11 Å². The largest absolute Gasteiger partial charge is 0.497 e. The fourth-order valence-electron chi connectivity index (χ4n) is 4.82. The molecule has 3 heteroatoms. The van der Waals surface area contributed by atoms with Crippen LogP contribution in [-0.2, 0) is 0 Å². The molecule has 0 spiro atoms. The Morgan fingerprint density at radius 1 is 0.694 bits per heavy atom. The van der Waals surface area contributed by atoms with Crippen molar-refractivity contribution >= 4 is 34.0 Å². The molecular weight excluding hydrogens is 440 g/mol. The second kappa shape index (κ2) is 9.55. The first kappa shape index (κ1) is 21.9. The first-order chi connectivity index (χ1) is 17.8.